The number of rotatable bonds is 8. The van der Waals surface area contributed by atoms with Crippen LogP contribution in [-0.4, -0.2) is 41.0 Å². The van der Waals surface area contributed by atoms with Gasteiger partial charge in [0.1, 0.15) is 0 Å². The highest BCUT2D eigenvalue weighted by Crippen LogP contribution is 2.64. The molecule has 0 aromatic carbocycles. The van der Waals surface area contributed by atoms with Crippen LogP contribution < -0.4 is 0 Å². The minimum atomic E-state index is -0.384. The van der Waals surface area contributed by atoms with E-state index in [1.807, 2.05) is 19.9 Å². The molecule has 1 aromatic rings. The lowest BCUT2D eigenvalue weighted by Crippen LogP contribution is -2.56. The molecule has 29 heavy (non-hydrogen) atoms. The molecule has 6 heteroatoms. The SMILES string of the molecule is COCCCn1c(C)cc(C(=O)COC(=O)C23C[C@H]4C[C@@H](CC(Br)(C4)C2)C3)c1C. The van der Waals surface area contributed by atoms with Crippen molar-refractivity contribution in [3.05, 3.63) is 23.0 Å². The second kappa shape index (κ2) is 7.84. The average molecular weight is 466 g/mol. The van der Waals surface area contributed by atoms with Crippen molar-refractivity contribution < 1.29 is 19.1 Å². The van der Waals surface area contributed by atoms with Gasteiger partial charge in [0.25, 0.3) is 0 Å². The first-order valence-electron chi connectivity index (χ1n) is 10.8. The van der Waals surface area contributed by atoms with Gasteiger partial charge >= 0.3 is 5.97 Å². The van der Waals surface area contributed by atoms with Gasteiger partial charge in [-0.3, -0.25) is 9.59 Å². The average Bonchev–Trinajstić information content (AvgIpc) is 2.92. The number of methoxy groups -OCH3 is 1. The molecule has 1 heterocycles. The molecule has 0 amide bonds. The van der Waals surface area contributed by atoms with Crippen LogP contribution >= 0.6 is 15.9 Å². The van der Waals surface area contributed by atoms with E-state index >= 15 is 0 Å². The van der Waals surface area contributed by atoms with Crippen LogP contribution in [0.2, 0.25) is 0 Å². The Morgan fingerprint density at radius 1 is 1.21 bits per heavy atom. The van der Waals surface area contributed by atoms with Gasteiger partial charge in [0, 0.05) is 41.5 Å². The maximum absolute atomic E-state index is 13.1. The van der Waals surface area contributed by atoms with Gasteiger partial charge in [-0.1, -0.05) is 15.9 Å². The van der Waals surface area contributed by atoms with E-state index in [9.17, 15) is 9.59 Å². The van der Waals surface area contributed by atoms with E-state index in [1.165, 1.54) is 19.3 Å². The van der Waals surface area contributed by atoms with Crippen molar-refractivity contribution in [1.82, 2.24) is 4.57 Å². The van der Waals surface area contributed by atoms with Crippen molar-refractivity contribution in [2.24, 2.45) is 17.3 Å². The summed E-state index contributed by atoms with van der Waals surface area (Å²) in [6, 6.07) is 1.91. The van der Waals surface area contributed by atoms with E-state index in [4.69, 9.17) is 9.47 Å². The first-order valence-corrected chi connectivity index (χ1v) is 11.6. The number of aromatic nitrogens is 1. The maximum atomic E-state index is 13.1. The number of hydrogen-bond donors (Lipinski definition) is 0. The summed E-state index contributed by atoms with van der Waals surface area (Å²) < 4.78 is 13.0. The molecule has 4 saturated carbocycles. The highest BCUT2D eigenvalue weighted by molar-refractivity contribution is 9.10. The summed E-state index contributed by atoms with van der Waals surface area (Å²) in [4.78, 5) is 25.9. The lowest BCUT2D eigenvalue weighted by atomic mass is 9.49. The number of aryl methyl sites for hydroxylation is 1. The molecule has 2 atom stereocenters. The van der Waals surface area contributed by atoms with Crippen molar-refractivity contribution in [1.29, 1.82) is 0 Å². The van der Waals surface area contributed by atoms with Gasteiger partial charge in [-0.2, -0.15) is 0 Å². The molecule has 5 nitrogen and oxygen atoms in total. The molecule has 0 saturated heterocycles. The number of carbonyl (C=O) groups is 2. The number of halogens is 1. The number of Topliss-reactive ketones (excluding diaryl/α,β-unsaturated/α-hetero) is 1. The second-order valence-corrected chi connectivity index (χ2v) is 11.4. The normalized spacial score (nSPS) is 32.6. The summed E-state index contributed by atoms with van der Waals surface area (Å²) in [5, 5.41) is 0. The van der Waals surface area contributed by atoms with Crippen LogP contribution in [0.5, 0.6) is 0 Å². The van der Waals surface area contributed by atoms with Gasteiger partial charge in [-0.15, -0.1) is 0 Å². The Labute approximate surface area is 181 Å². The lowest BCUT2D eigenvalue weighted by molar-refractivity contribution is -0.168. The van der Waals surface area contributed by atoms with E-state index in [1.54, 1.807) is 7.11 Å². The number of ether oxygens (including phenoxy) is 2. The van der Waals surface area contributed by atoms with E-state index in [0.29, 0.717) is 24.0 Å². The molecule has 0 N–H and O–H groups in total. The standard InChI is InChI=1S/C23H32BrNO4/c1-15-7-19(16(2)25(15)5-4-6-28-3)20(26)13-29-21(27)22-9-17-8-18(10-22)12-23(24,11-17)14-22/h7,17-18H,4-6,8-14H2,1-3H3/t17-,18-,22?,23?/m1/s1. The van der Waals surface area contributed by atoms with E-state index in [2.05, 4.69) is 20.5 Å². The van der Waals surface area contributed by atoms with Crippen molar-refractivity contribution >= 4 is 27.7 Å². The minimum absolute atomic E-state index is 0.104. The fourth-order valence-electron chi connectivity index (χ4n) is 6.55. The van der Waals surface area contributed by atoms with Crippen molar-refractivity contribution in [2.45, 2.75) is 69.7 Å². The summed E-state index contributed by atoms with van der Waals surface area (Å²) >= 11 is 3.94. The van der Waals surface area contributed by atoms with Crippen molar-refractivity contribution in [3.63, 3.8) is 0 Å². The third-order valence-electron chi connectivity index (χ3n) is 7.36. The predicted octanol–water partition coefficient (Wildman–Crippen LogP) is 4.60. The molecule has 0 radical (unpaired) electrons. The second-order valence-electron chi connectivity index (χ2n) is 9.67. The molecule has 0 spiro atoms. The van der Waals surface area contributed by atoms with Crippen LogP contribution in [-0.2, 0) is 20.8 Å². The Kier molecular flexibility index (Phi) is 5.71. The lowest BCUT2D eigenvalue weighted by Gasteiger charge is -2.58. The van der Waals surface area contributed by atoms with Gasteiger partial charge in [-0.05, 0) is 76.7 Å². The van der Waals surface area contributed by atoms with E-state index < -0.39 is 0 Å². The molecule has 0 aliphatic heterocycles. The molecule has 0 unspecified atom stereocenters. The third kappa shape index (κ3) is 3.95. The Morgan fingerprint density at radius 2 is 1.90 bits per heavy atom. The van der Waals surface area contributed by atoms with Gasteiger partial charge in [-0.25, -0.2) is 0 Å². The highest BCUT2D eigenvalue weighted by Gasteiger charge is 2.60. The number of carbonyl (C=O) groups excluding carboxylic acids is 2. The first kappa shape index (κ1) is 21.1. The molecular weight excluding hydrogens is 434 g/mol. The smallest absolute Gasteiger partial charge is 0.312 e. The van der Waals surface area contributed by atoms with Crippen LogP contribution in [0.25, 0.3) is 0 Å². The molecule has 4 aliphatic rings. The Balaban J connectivity index is 1.40. The summed E-state index contributed by atoms with van der Waals surface area (Å²) in [7, 11) is 1.69. The highest BCUT2D eigenvalue weighted by atomic mass is 79.9. The monoisotopic (exact) mass is 465 g/mol. The molecular formula is C23H32BrNO4. The Bertz CT molecular complexity index is 800. The predicted molar refractivity (Wildman–Crippen MR) is 114 cm³/mol. The number of ketones is 1. The summed E-state index contributed by atoms with van der Waals surface area (Å²) in [5.41, 5.74) is 2.27. The number of nitrogens with zero attached hydrogens (tertiary/aromatic N) is 1. The minimum Gasteiger partial charge on any atom is -0.457 e. The molecule has 5 rings (SSSR count). The molecule has 4 bridgehead atoms. The van der Waals surface area contributed by atoms with Crippen molar-refractivity contribution in [3.8, 4) is 0 Å². The van der Waals surface area contributed by atoms with Crippen LogP contribution in [0.3, 0.4) is 0 Å². The van der Waals surface area contributed by atoms with Gasteiger partial charge in [0.05, 0.1) is 5.41 Å². The zero-order valence-corrected chi connectivity index (χ0v) is 19.3. The quantitative estimate of drug-likeness (QED) is 0.243. The molecule has 160 valence electrons. The molecule has 4 aliphatic carbocycles. The summed E-state index contributed by atoms with van der Waals surface area (Å²) in [5.74, 6) is 0.968. The van der Waals surface area contributed by atoms with Crippen LogP contribution in [0.1, 0.15) is 66.7 Å². The number of hydrogen-bond acceptors (Lipinski definition) is 4. The summed E-state index contributed by atoms with van der Waals surface area (Å²) in [6.45, 7) is 5.32. The van der Waals surface area contributed by atoms with E-state index in [0.717, 1.165) is 43.6 Å². The van der Waals surface area contributed by atoms with Crippen LogP contribution in [0.15, 0.2) is 6.07 Å². The zero-order chi connectivity index (χ0) is 20.8. The molecule has 4 fully saturated rings. The van der Waals surface area contributed by atoms with Crippen LogP contribution in [0, 0.1) is 31.1 Å². The largest absolute Gasteiger partial charge is 0.457 e. The Hall–Kier alpha value is -1.14. The fraction of sp³-hybridized carbons (Fsp3) is 0.739. The zero-order valence-electron chi connectivity index (χ0n) is 17.8. The Morgan fingerprint density at radius 3 is 2.52 bits per heavy atom. The van der Waals surface area contributed by atoms with Gasteiger partial charge in [0.15, 0.2) is 6.61 Å². The summed E-state index contributed by atoms with van der Waals surface area (Å²) in [6.07, 6.45) is 7.20. The van der Waals surface area contributed by atoms with Crippen LogP contribution in [0.4, 0.5) is 0 Å². The topological polar surface area (TPSA) is 57.5 Å². The third-order valence-corrected chi connectivity index (χ3v) is 8.29. The maximum Gasteiger partial charge on any atom is 0.312 e. The number of esters is 1. The molecule has 1 aromatic heterocycles. The van der Waals surface area contributed by atoms with Gasteiger partial charge < -0.3 is 14.0 Å². The first-order chi connectivity index (χ1) is 13.8. The van der Waals surface area contributed by atoms with Gasteiger partial charge in [0.2, 0.25) is 5.78 Å². The number of alkyl halides is 1. The van der Waals surface area contributed by atoms with E-state index in [-0.39, 0.29) is 28.1 Å². The fourth-order valence-corrected chi connectivity index (χ4v) is 8.00. The van der Waals surface area contributed by atoms with Crippen molar-refractivity contribution in [2.75, 3.05) is 20.3 Å².